The molecule has 0 aliphatic rings. The van der Waals surface area contributed by atoms with Gasteiger partial charge in [-0.05, 0) is 36.6 Å². The van der Waals surface area contributed by atoms with Crippen LogP contribution in [0.1, 0.15) is 22.4 Å². The number of nitrogens with zero attached hydrogens (tertiary/aromatic N) is 5. The second kappa shape index (κ2) is 8.50. The van der Waals surface area contributed by atoms with Crippen molar-refractivity contribution in [2.45, 2.75) is 26.6 Å². The zero-order chi connectivity index (χ0) is 24.7. The average molecular weight is 475 g/mol. The predicted molar refractivity (Wildman–Crippen MR) is 126 cm³/mol. The molecular formula is C26H20F3N5O. The van der Waals surface area contributed by atoms with Crippen LogP contribution >= 0.6 is 0 Å². The van der Waals surface area contributed by atoms with E-state index in [9.17, 15) is 18.0 Å². The Balaban J connectivity index is 1.66. The number of aromatic nitrogens is 5. The zero-order valence-corrected chi connectivity index (χ0v) is 18.9. The van der Waals surface area contributed by atoms with Crippen molar-refractivity contribution >= 4 is 5.65 Å². The lowest BCUT2D eigenvalue weighted by Crippen LogP contribution is -2.23. The molecule has 6 nitrogen and oxygen atoms in total. The second-order valence-electron chi connectivity index (χ2n) is 8.39. The summed E-state index contributed by atoms with van der Waals surface area (Å²) in [7, 11) is 0. The van der Waals surface area contributed by atoms with Gasteiger partial charge in [-0.3, -0.25) is 4.98 Å². The molecule has 0 saturated heterocycles. The molecule has 5 rings (SSSR count). The van der Waals surface area contributed by atoms with E-state index in [0.717, 1.165) is 45.6 Å². The lowest BCUT2D eigenvalue weighted by atomic mass is 9.96. The Morgan fingerprint density at radius 2 is 1.46 bits per heavy atom. The van der Waals surface area contributed by atoms with Gasteiger partial charge in [0.25, 0.3) is 0 Å². The van der Waals surface area contributed by atoms with Gasteiger partial charge in [-0.15, -0.1) is 5.10 Å². The molecule has 0 aliphatic carbocycles. The maximum absolute atomic E-state index is 13.1. The van der Waals surface area contributed by atoms with Crippen LogP contribution in [0.15, 0.2) is 77.9 Å². The summed E-state index contributed by atoms with van der Waals surface area (Å²) >= 11 is 0. The minimum absolute atomic E-state index is 0.0411. The first-order valence-corrected chi connectivity index (χ1v) is 10.9. The van der Waals surface area contributed by atoms with Gasteiger partial charge >= 0.3 is 11.9 Å². The predicted octanol–water partition coefficient (Wildman–Crippen LogP) is 5.30. The third-order valence-electron chi connectivity index (χ3n) is 5.76. The minimum atomic E-state index is -4.53. The van der Waals surface area contributed by atoms with Crippen LogP contribution in [0.2, 0.25) is 0 Å². The molecular weight excluding hydrogens is 455 g/mol. The minimum Gasteiger partial charge on any atom is -0.251 e. The molecule has 5 aromatic rings. The Labute approximate surface area is 198 Å². The summed E-state index contributed by atoms with van der Waals surface area (Å²) in [5.41, 5.74) is 4.84. The van der Waals surface area contributed by atoms with E-state index in [2.05, 4.69) is 15.2 Å². The average Bonchev–Trinajstić information content (AvgIpc) is 3.14. The maximum Gasteiger partial charge on any atom is 0.433 e. The Kier molecular flexibility index (Phi) is 5.47. The largest absolute Gasteiger partial charge is 0.433 e. The number of fused-ring (bicyclic) bond motifs is 1. The summed E-state index contributed by atoms with van der Waals surface area (Å²) in [6.07, 6.45) is -1.79. The lowest BCUT2D eigenvalue weighted by Gasteiger charge is -2.11. The van der Waals surface area contributed by atoms with Gasteiger partial charge in [0.05, 0.1) is 12.7 Å². The van der Waals surface area contributed by atoms with E-state index < -0.39 is 17.6 Å². The highest BCUT2D eigenvalue weighted by atomic mass is 19.4. The van der Waals surface area contributed by atoms with Gasteiger partial charge in [0.2, 0.25) is 0 Å². The standard InChI is InChI=1S/C26H20F3N5O/c1-16-3-8-19(9-4-16)21-14-31-34-24(23(21)20-10-5-17(2)6-11-20)32-33(25(34)35)15-18-7-12-22(30-13-18)26(27,28)29/h3-14H,15H2,1-2H3. The quantitative estimate of drug-likeness (QED) is 0.354. The SMILES string of the molecule is Cc1ccc(-c2cnn3c(=O)n(Cc4ccc(C(F)(F)F)nc4)nc3c2-c2ccc(C)cc2)cc1. The molecule has 0 unspecified atom stereocenters. The van der Waals surface area contributed by atoms with Crippen molar-refractivity contribution in [3.05, 3.63) is 106 Å². The molecule has 35 heavy (non-hydrogen) atoms. The van der Waals surface area contributed by atoms with Crippen LogP contribution in [-0.4, -0.2) is 24.4 Å². The number of rotatable bonds is 4. The summed E-state index contributed by atoms with van der Waals surface area (Å²) < 4.78 is 40.9. The molecule has 0 spiro atoms. The highest BCUT2D eigenvalue weighted by Crippen LogP contribution is 2.34. The number of hydrogen-bond donors (Lipinski definition) is 0. The van der Waals surface area contributed by atoms with Crippen LogP contribution in [0.3, 0.4) is 0 Å². The summed E-state index contributed by atoms with van der Waals surface area (Å²) in [6, 6.07) is 18.0. The third kappa shape index (κ3) is 4.32. The summed E-state index contributed by atoms with van der Waals surface area (Å²) in [5, 5.41) is 8.88. The van der Waals surface area contributed by atoms with E-state index >= 15 is 0 Å². The van der Waals surface area contributed by atoms with Crippen molar-refractivity contribution in [2.75, 3.05) is 0 Å². The topological polar surface area (TPSA) is 65.1 Å². The van der Waals surface area contributed by atoms with Crippen LogP contribution in [0.25, 0.3) is 27.9 Å². The normalized spacial score (nSPS) is 11.8. The van der Waals surface area contributed by atoms with E-state index in [-0.39, 0.29) is 6.54 Å². The van der Waals surface area contributed by atoms with Crippen LogP contribution in [0.5, 0.6) is 0 Å². The molecule has 0 aliphatic heterocycles. The van der Waals surface area contributed by atoms with E-state index in [0.29, 0.717) is 11.2 Å². The van der Waals surface area contributed by atoms with Crippen LogP contribution in [0, 0.1) is 13.8 Å². The molecule has 0 radical (unpaired) electrons. The molecule has 0 N–H and O–H groups in total. The van der Waals surface area contributed by atoms with Crippen LogP contribution < -0.4 is 5.69 Å². The third-order valence-corrected chi connectivity index (χ3v) is 5.76. The maximum atomic E-state index is 13.1. The van der Waals surface area contributed by atoms with E-state index in [1.165, 1.54) is 15.3 Å². The first-order chi connectivity index (χ1) is 16.7. The smallest absolute Gasteiger partial charge is 0.251 e. The van der Waals surface area contributed by atoms with Gasteiger partial charge in [-0.25, -0.2) is 9.48 Å². The Hall–Kier alpha value is -4.27. The first-order valence-electron chi connectivity index (χ1n) is 10.9. The molecule has 3 heterocycles. The number of pyridine rings is 1. The van der Waals surface area contributed by atoms with Crippen LogP contribution in [-0.2, 0) is 12.7 Å². The molecule has 0 saturated carbocycles. The number of benzene rings is 2. The van der Waals surface area contributed by atoms with Crippen molar-refractivity contribution in [1.82, 2.24) is 24.4 Å². The summed E-state index contributed by atoms with van der Waals surface area (Å²) in [4.78, 5) is 16.6. The number of hydrogen-bond acceptors (Lipinski definition) is 4. The Bertz CT molecular complexity index is 1570. The summed E-state index contributed by atoms with van der Waals surface area (Å²) in [5.74, 6) is 0. The molecule has 176 valence electrons. The van der Waals surface area contributed by atoms with Gasteiger partial charge < -0.3 is 0 Å². The number of aryl methyl sites for hydroxylation is 2. The Morgan fingerprint density at radius 1 is 0.829 bits per heavy atom. The van der Waals surface area contributed by atoms with Crippen molar-refractivity contribution in [3.8, 4) is 22.3 Å². The van der Waals surface area contributed by atoms with Gasteiger partial charge in [0, 0.05) is 17.3 Å². The molecule has 0 fully saturated rings. The Morgan fingerprint density at radius 3 is 2.03 bits per heavy atom. The molecule has 9 heteroatoms. The number of alkyl halides is 3. The van der Waals surface area contributed by atoms with Crippen LogP contribution in [0.4, 0.5) is 13.2 Å². The van der Waals surface area contributed by atoms with E-state index in [1.807, 2.05) is 62.4 Å². The van der Waals surface area contributed by atoms with Crippen molar-refractivity contribution in [1.29, 1.82) is 0 Å². The molecule has 3 aromatic heterocycles. The zero-order valence-electron chi connectivity index (χ0n) is 18.9. The fourth-order valence-corrected chi connectivity index (χ4v) is 3.88. The summed E-state index contributed by atoms with van der Waals surface area (Å²) in [6.45, 7) is 3.95. The molecule has 2 aromatic carbocycles. The van der Waals surface area contributed by atoms with E-state index in [4.69, 9.17) is 0 Å². The number of halogens is 3. The molecule has 0 atom stereocenters. The monoisotopic (exact) mass is 475 g/mol. The van der Waals surface area contributed by atoms with E-state index in [1.54, 1.807) is 6.20 Å². The fraction of sp³-hybridized carbons (Fsp3) is 0.154. The van der Waals surface area contributed by atoms with Gasteiger partial charge in [-0.2, -0.15) is 22.8 Å². The van der Waals surface area contributed by atoms with Crippen molar-refractivity contribution in [3.63, 3.8) is 0 Å². The van der Waals surface area contributed by atoms with Gasteiger partial charge in [0.1, 0.15) is 5.69 Å². The van der Waals surface area contributed by atoms with Crippen molar-refractivity contribution < 1.29 is 13.2 Å². The highest BCUT2D eigenvalue weighted by Gasteiger charge is 2.32. The second-order valence-corrected chi connectivity index (χ2v) is 8.39. The van der Waals surface area contributed by atoms with Crippen molar-refractivity contribution in [2.24, 2.45) is 0 Å². The fourth-order valence-electron chi connectivity index (χ4n) is 3.88. The first kappa shape index (κ1) is 22.5. The highest BCUT2D eigenvalue weighted by molar-refractivity contribution is 5.91. The molecule has 0 bridgehead atoms. The van der Waals surface area contributed by atoms with Gasteiger partial charge in [-0.1, -0.05) is 65.7 Å². The molecule has 0 amide bonds. The van der Waals surface area contributed by atoms with Gasteiger partial charge in [0.15, 0.2) is 5.65 Å². The lowest BCUT2D eigenvalue weighted by molar-refractivity contribution is -0.141.